The number of carbonyl (C=O) groups excluding carboxylic acids is 2. The summed E-state index contributed by atoms with van der Waals surface area (Å²) in [6.45, 7) is 2.59. The Bertz CT molecular complexity index is 794. The monoisotopic (exact) mass is 410 g/mol. The third-order valence-corrected chi connectivity index (χ3v) is 7.08. The minimum absolute atomic E-state index is 0.0913. The van der Waals surface area contributed by atoms with Gasteiger partial charge in [-0.25, -0.2) is 8.42 Å². The van der Waals surface area contributed by atoms with Gasteiger partial charge in [-0.1, -0.05) is 12.1 Å². The van der Waals surface area contributed by atoms with Gasteiger partial charge in [0, 0.05) is 31.7 Å². The zero-order valence-corrected chi connectivity index (χ0v) is 16.8. The lowest BCUT2D eigenvalue weighted by Crippen LogP contribution is -2.41. The molecule has 0 N–H and O–H groups in total. The van der Waals surface area contributed by atoms with Gasteiger partial charge in [0.15, 0.2) is 0 Å². The minimum atomic E-state index is -3.39. The third-order valence-electron chi connectivity index (χ3n) is 5.23. The van der Waals surface area contributed by atoms with Crippen molar-refractivity contribution < 1.29 is 27.5 Å². The summed E-state index contributed by atoms with van der Waals surface area (Å²) in [5.41, 5.74) is 1.16. The lowest BCUT2D eigenvalue weighted by molar-refractivity contribution is -0.146. The first-order chi connectivity index (χ1) is 13.4. The van der Waals surface area contributed by atoms with Gasteiger partial charge < -0.3 is 14.4 Å². The molecular formula is C19H26N2O6S. The summed E-state index contributed by atoms with van der Waals surface area (Å²) < 4.78 is 36.4. The summed E-state index contributed by atoms with van der Waals surface area (Å²) in [7, 11) is -2.02. The molecule has 2 heterocycles. The Morgan fingerprint density at radius 3 is 2.25 bits per heavy atom. The molecule has 0 unspecified atom stereocenters. The molecule has 2 saturated heterocycles. The van der Waals surface area contributed by atoms with Gasteiger partial charge in [-0.3, -0.25) is 9.59 Å². The van der Waals surface area contributed by atoms with Crippen molar-refractivity contribution in [3.8, 4) is 0 Å². The smallest absolute Gasteiger partial charge is 0.308 e. The summed E-state index contributed by atoms with van der Waals surface area (Å²) in [5, 5.41) is 0. The van der Waals surface area contributed by atoms with Crippen molar-refractivity contribution in [1.82, 2.24) is 9.21 Å². The molecule has 154 valence electrons. The van der Waals surface area contributed by atoms with Crippen molar-refractivity contribution in [2.24, 2.45) is 5.92 Å². The van der Waals surface area contributed by atoms with Gasteiger partial charge in [-0.15, -0.1) is 0 Å². The summed E-state index contributed by atoms with van der Waals surface area (Å²) >= 11 is 0. The maximum atomic E-state index is 12.7. The van der Waals surface area contributed by atoms with E-state index in [0.717, 1.165) is 0 Å². The predicted octanol–water partition coefficient (Wildman–Crippen LogP) is 0.874. The van der Waals surface area contributed by atoms with E-state index in [1.807, 2.05) is 0 Å². The number of nitrogens with zero attached hydrogens (tertiary/aromatic N) is 2. The summed E-state index contributed by atoms with van der Waals surface area (Å²) in [6.07, 6.45) is 1.18. The zero-order chi connectivity index (χ0) is 20.1. The molecule has 2 aliphatic rings. The fourth-order valence-electron chi connectivity index (χ4n) is 3.54. The van der Waals surface area contributed by atoms with Gasteiger partial charge in [0.25, 0.3) is 5.91 Å². The lowest BCUT2D eigenvalue weighted by Gasteiger charge is -2.30. The number of benzene rings is 1. The van der Waals surface area contributed by atoms with Crippen LogP contribution in [0.3, 0.4) is 0 Å². The van der Waals surface area contributed by atoms with Crippen LogP contribution in [0.1, 0.15) is 28.8 Å². The second-order valence-electron chi connectivity index (χ2n) is 7.05. The number of hydrogen-bond donors (Lipinski definition) is 0. The Morgan fingerprint density at radius 1 is 1.07 bits per heavy atom. The molecule has 8 nitrogen and oxygen atoms in total. The van der Waals surface area contributed by atoms with E-state index in [0.29, 0.717) is 63.4 Å². The van der Waals surface area contributed by atoms with Crippen LogP contribution in [0.5, 0.6) is 0 Å². The van der Waals surface area contributed by atoms with Gasteiger partial charge in [0.2, 0.25) is 10.0 Å². The molecule has 0 atom stereocenters. The van der Waals surface area contributed by atoms with E-state index in [1.165, 1.54) is 11.4 Å². The van der Waals surface area contributed by atoms with Crippen LogP contribution in [0, 0.1) is 5.92 Å². The number of hydrogen-bond acceptors (Lipinski definition) is 6. The molecule has 0 aliphatic carbocycles. The average molecular weight is 410 g/mol. The molecule has 0 radical (unpaired) electrons. The number of methoxy groups -OCH3 is 1. The molecule has 2 aliphatic heterocycles. The molecule has 1 aromatic carbocycles. The van der Waals surface area contributed by atoms with Crippen LogP contribution in [-0.2, 0) is 30.0 Å². The molecule has 0 aromatic heterocycles. The lowest BCUT2D eigenvalue weighted by atomic mass is 9.96. The summed E-state index contributed by atoms with van der Waals surface area (Å²) in [5.74, 6) is -0.572. The minimum Gasteiger partial charge on any atom is -0.469 e. The van der Waals surface area contributed by atoms with E-state index >= 15 is 0 Å². The first kappa shape index (κ1) is 20.8. The molecule has 3 rings (SSSR count). The van der Waals surface area contributed by atoms with E-state index < -0.39 is 10.0 Å². The number of morpholine rings is 1. The van der Waals surface area contributed by atoms with Crippen LogP contribution in [0.15, 0.2) is 24.3 Å². The Kier molecular flexibility index (Phi) is 6.69. The van der Waals surface area contributed by atoms with Crippen LogP contribution in [-0.4, -0.2) is 76.0 Å². The van der Waals surface area contributed by atoms with E-state index in [4.69, 9.17) is 9.47 Å². The van der Waals surface area contributed by atoms with Gasteiger partial charge in [0.1, 0.15) is 0 Å². The standard InChI is InChI=1S/C19H26N2O6S/c1-26-19(23)17-6-8-20(9-7-17)18(22)16-4-2-15(3-5-16)14-28(24,25)21-10-12-27-13-11-21/h2-5,17H,6-14H2,1H3. The Hall–Kier alpha value is -1.97. The predicted molar refractivity (Wildman–Crippen MR) is 102 cm³/mol. The molecule has 9 heteroatoms. The first-order valence-electron chi connectivity index (χ1n) is 9.42. The van der Waals surface area contributed by atoms with E-state index in [1.54, 1.807) is 29.2 Å². The highest BCUT2D eigenvalue weighted by molar-refractivity contribution is 7.88. The fourth-order valence-corrected chi connectivity index (χ4v) is 5.04. The Morgan fingerprint density at radius 2 is 1.68 bits per heavy atom. The number of amides is 1. The van der Waals surface area contributed by atoms with Gasteiger partial charge >= 0.3 is 5.97 Å². The maximum absolute atomic E-state index is 12.7. The Labute approximate surface area is 165 Å². The fraction of sp³-hybridized carbons (Fsp3) is 0.579. The van der Waals surface area contributed by atoms with Crippen molar-refractivity contribution in [3.63, 3.8) is 0 Å². The van der Waals surface area contributed by atoms with Crippen LogP contribution in [0.25, 0.3) is 0 Å². The SMILES string of the molecule is COC(=O)C1CCN(C(=O)c2ccc(CS(=O)(=O)N3CCOCC3)cc2)CC1. The maximum Gasteiger partial charge on any atom is 0.308 e. The number of esters is 1. The van der Waals surface area contributed by atoms with Crippen molar-refractivity contribution in [3.05, 3.63) is 35.4 Å². The molecule has 0 saturated carbocycles. The molecule has 0 spiro atoms. The van der Waals surface area contributed by atoms with Crippen LogP contribution in [0.4, 0.5) is 0 Å². The highest BCUT2D eigenvalue weighted by Crippen LogP contribution is 2.21. The number of carbonyl (C=O) groups is 2. The van der Waals surface area contributed by atoms with E-state index in [2.05, 4.69) is 0 Å². The van der Waals surface area contributed by atoms with Gasteiger partial charge in [-0.2, -0.15) is 4.31 Å². The van der Waals surface area contributed by atoms with Gasteiger partial charge in [-0.05, 0) is 30.5 Å². The average Bonchev–Trinajstić information content (AvgIpc) is 2.74. The molecule has 28 heavy (non-hydrogen) atoms. The normalized spacial score (nSPS) is 19.4. The van der Waals surface area contributed by atoms with E-state index in [9.17, 15) is 18.0 Å². The summed E-state index contributed by atoms with van der Waals surface area (Å²) in [4.78, 5) is 26.0. The third kappa shape index (κ3) is 4.89. The zero-order valence-electron chi connectivity index (χ0n) is 16.0. The highest BCUT2D eigenvalue weighted by Gasteiger charge is 2.28. The highest BCUT2D eigenvalue weighted by atomic mass is 32.2. The topological polar surface area (TPSA) is 93.2 Å². The molecule has 2 fully saturated rings. The molecule has 1 aromatic rings. The van der Waals surface area contributed by atoms with Crippen LogP contribution < -0.4 is 0 Å². The van der Waals surface area contributed by atoms with Crippen molar-refractivity contribution in [1.29, 1.82) is 0 Å². The number of likely N-dealkylation sites (tertiary alicyclic amines) is 1. The largest absolute Gasteiger partial charge is 0.469 e. The van der Waals surface area contributed by atoms with Crippen LogP contribution in [0.2, 0.25) is 0 Å². The number of piperidine rings is 1. The number of sulfonamides is 1. The first-order valence-corrected chi connectivity index (χ1v) is 11.0. The quantitative estimate of drug-likeness (QED) is 0.669. The van der Waals surface area contributed by atoms with Crippen LogP contribution >= 0.6 is 0 Å². The number of ether oxygens (including phenoxy) is 2. The molecular weight excluding hydrogens is 384 g/mol. The molecule has 1 amide bonds. The van der Waals surface area contributed by atoms with Crippen molar-refractivity contribution >= 4 is 21.9 Å². The second-order valence-corrected chi connectivity index (χ2v) is 9.02. The van der Waals surface area contributed by atoms with E-state index in [-0.39, 0.29) is 23.5 Å². The molecule has 0 bridgehead atoms. The van der Waals surface area contributed by atoms with Crippen molar-refractivity contribution in [2.75, 3.05) is 46.5 Å². The second kappa shape index (κ2) is 9.02. The van der Waals surface area contributed by atoms with Crippen molar-refractivity contribution in [2.45, 2.75) is 18.6 Å². The summed E-state index contributed by atoms with van der Waals surface area (Å²) in [6, 6.07) is 6.71. The Balaban J connectivity index is 1.58. The number of rotatable bonds is 5. The van der Waals surface area contributed by atoms with Gasteiger partial charge in [0.05, 0.1) is 32.0 Å².